The molecule has 0 saturated heterocycles. The molecule has 1 amide bonds. The van der Waals surface area contributed by atoms with Crippen LogP contribution in [0.15, 0.2) is 23.6 Å². The lowest BCUT2D eigenvalue weighted by molar-refractivity contribution is -0.394. The number of nitrogens with zero attached hydrogens (tertiary/aromatic N) is 4. The molecule has 0 radical (unpaired) electrons. The summed E-state index contributed by atoms with van der Waals surface area (Å²) in [7, 11) is 1.23. The standard InChI is InChI=1S/C18H20N4O7S/c1-11(2)4-5-20(9-16-19-15(10-30-16)18(24)29-3)17(23)12-6-13(21(25)26)8-14(7-12)22(27)28/h6-8,10-11H,4-5,9H2,1-3H3. The summed E-state index contributed by atoms with van der Waals surface area (Å²) in [4.78, 5) is 50.9. The van der Waals surface area contributed by atoms with E-state index in [-0.39, 0.29) is 23.7 Å². The summed E-state index contributed by atoms with van der Waals surface area (Å²) < 4.78 is 4.62. The molecule has 2 aromatic rings. The first-order valence-electron chi connectivity index (χ1n) is 8.88. The van der Waals surface area contributed by atoms with Crippen LogP contribution in [0.2, 0.25) is 0 Å². The zero-order chi connectivity index (χ0) is 22.4. The number of aromatic nitrogens is 1. The van der Waals surface area contributed by atoms with Gasteiger partial charge in [-0.1, -0.05) is 13.8 Å². The fraction of sp³-hybridized carbons (Fsp3) is 0.389. The van der Waals surface area contributed by atoms with E-state index in [2.05, 4.69) is 9.72 Å². The number of esters is 1. The number of carbonyl (C=O) groups excluding carboxylic acids is 2. The third-order valence-electron chi connectivity index (χ3n) is 4.11. The first-order valence-corrected chi connectivity index (χ1v) is 9.76. The molecule has 0 saturated carbocycles. The molecule has 160 valence electrons. The second kappa shape index (κ2) is 9.87. The van der Waals surface area contributed by atoms with Gasteiger partial charge in [0.25, 0.3) is 17.3 Å². The fourth-order valence-electron chi connectivity index (χ4n) is 2.52. The van der Waals surface area contributed by atoms with Crippen LogP contribution >= 0.6 is 11.3 Å². The molecule has 1 aromatic heterocycles. The minimum Gasteiger partial charge on any atom is -0.464 e. The Hall–Kier alpha value is -3.41. The van der Waals surface area contributed by atoms with Gasteiger partial charge in [-0.25, -0.2) is 9.78 Å². The van der Waals surface area contributed by atoms with E-state index in [9.17, 15) is 29.8 Å². The molecule has 1 aromatic carbocycles. The molecule has 0 spiro atoms. The number of nitro benzene ring substituents is 2. The van der Waals surface area contributed by atoms with Crippen molar-refractivity contribution in [2.75, 3.05) is 13.7 Å². The molecule has 11 nitrogen and oxygen atoms in total. The maximum Gasteiger partial charge on any atom is 0.357 e. The number of ether oxygens (including phenoxy) is 1. The number of carbonyl (C=O) groups is 2. The highest BCUT2D eigenvalue weighted by Gasteiger charge is 2.24. The molecule has 0 N–H and O–H groups in total. The van der Waals surface area contributed by atoms with Gasteiger partial charge in [0.1, 0.15) is 5.01 Å². The lowest BCUT2D eigenvalue weighted by Crippen LogP contribution is -2.32. The van der Waals surface area contributed by atoms with Crippen molar-refractivity contribution in [1.82, 2.24) is 9.88 Å². The van der Waals surface area contributed by atoms with Crippen LogP contribution in [0, 0.1) is 26.1 Å². The number of hydrogen-bond acceptors (Lipinski definition) is 9. The molecule has 0 fully saturated rings. The van der Waals surface area contributed by atoms with Gasteiger partial charge in [-0.2, -0.15) is 0 Å². The Balaban J connectivity index is 2.37. The quantitative estimate of drug-likeness (QED) is 0.330. The Labute approximate surface area is 175 Å². The van der Waals surface area contributed by atoms with Crippen LogP contribution in [-0.4, -0.2) is 45.3 Å². The van der Waals surface area contributed by atoms with Crippen molar-refractivity contribution in [3.8, 4) is 0 Å². The predicted octanol–water partition coefficient (Wildman–Crippen LogP) is 3.43. The van der Waals surface area contributed by atoms with Crippen LogP contribution in [0.4, 0.5) is 11.4 Å². The Morgan fingerprint density at radius 3 is 2.27 bits per heavy atom. The zero-order valence-electron chi connectivity index (χ0n) is 16.6. The summed E-state index contributed by atoms with van der Waals surface area (Å²) in [5.74, 6) is -0.939. The molecule has 0 aliphatic carbocycles. The lowest BCUT2D eigenvalue weighted by atomic mass is 10.1. The van der Waals surface area contributed by atoms with Gasteiger partial charge in [-0.05, 0) is 12.3 Å². The molecule has 0 unspecified atom stereocenters. The summed E-state index contributed by atoms with van der Waals surface area (Å²) in [6.45, 7) is 4.29. The first kappa shape index (κ1) is 22.9. The normalized spacial score (nSPS) is 10.7. The number of hydrogen-bond donors (Lipinski definition) is 0. The van der Waals surface area contributed by atoms with Crippen molar-refractivity contribution in [2.45, 2.75) is 26.8 Å². The second-order valence-electron chi connectivity index (χ2n) is 6.78. The number of nitro groups is 2. The van der Waals surface area contributed by atoms with Crippen molar-refractivity contribution in [3.63, 3.8) is 0 Å². The number of non-ortho nitro benzene ring substituents is 2. The van der Waals surface area contributed by atoms with Crippen LogP contribution in [0.25, 0.3) is 0 Å². The minimum absolute atomic E-state index is 0.0453. The Morgan fingerprint density at radius 1 is 1.17 bits per heavy atom. The summed E-state index contributed by atoms with van der Waals surface area (Å²) in [5, 5.41) is 24.2. The molecular weight excluding hydrogens is 416 g/mol. The molecule has 1 heterocycles. The SMILES string of the molecule is COC(=O)c1csc(CN(CCC(C)C)C(=O)c2cc([N+](=O)[O-])cc([N+](=O)[O-])c2)n1. The number of amides is 1. The molecule has 12 heteroatoms. The van der Waals surface area contributed by atoms with Gasteiger partial charge in [-0.3, -0.25) is 25.0 Å². The Bertz CT molecular complexity index is 941. The monoisotopic (exact) mass is 436 g/mol. The lowest BCUT2D eigenvalue weighted by Gasteiger charge is -2.22. The summed E-state index contributed by atoms with van der Waals surface area (Å²) in [6, 6.07) is 2.83. The smallest absolute Gasteiger partial charge is 0.357 e. The number of benzene rings is 1. The van der Waals surface area contributed by atoms with Crippen molar-refractivity contribution >= 4 is 34.6 Å². The summed E-state index contributed by atoms with van der Waals surface area (Å²) >= 11 is 1.16. The van der Waals surface area contributed by atoms with E-state index in [0.717, 1.165) is 29.5 Å². The average Bonchev–Trinajstić information content (AvgIpc) is 3.17. The van der Waals surface area contributed by atoms with Crippen molar-refractivity contribution in [1.29, 1.82) is 0 Å². The summed E-state index contributed by atoms with van der Waals surface area (Å²) in [6.07, 6.45) is 0.637. The highest BCUT2D eigenvalue weighted by molar-refractivity contribution is 7.09. The maximum atomic E-state index is 13.1. The van der Waals surface area contributed by atoms with Gasteiger partial charge in [0.05, 0.1) is 35.1 Å². The van der Waals surface area contributed by atoms with E-state index in [0.29, 0.717) is 18.0 Å². The average molecular weight is 436 g/mol. The molecule has 0 aliphatic rings. The van der Waals surface area contributed by atoms with Crippen molar-refractivity contribution < 1.29 is 24.2 Å². The van der Waals surface area contributed by atoms with Gasteiger partial charge >= 0.3 is 5.97 Å². The van der Waals surface area contributed by atoms with E-state index >= 15 is 0 Å². The van der Waals surface area contributed by atoms with E-state index in [4.69, 9.17) is 0 Å². The molecule has 0 atom stereocenters. The topological polar surface area (TPSA) is 146 Å². The van der Waals surface area contributed by atoms with Crippen LogP contribution in [0.5, 0.6) is 0 Å². The minimum atomic E-state index is -0.786. The van der Waals surface area contributed by atoms with Crippen LogP contribution < -0.4 is 0 Å². The van der Waals surface area contributed by atoms with Crippen molar-refractivity contribution in [3.05, 3.63) is 60.1 Å². The number of rotatable bonds is 9. The van der Waals surface area contributed by atoms with Crippen molar-refractivity contribution in [2.24, 2.45) is 5.92 Å². The van der Waals surface area contributed by atoms with E-state index < -0.39 is 33.1 Å². The molecular formula is C18H20N4O7S. The van der Waals surface area contributed by atoms with Gasteiger partial charge < -0.3 is 9.64 Å². The third-order valence-corrected chi connectivity index (χ3v) is 4.94. The molecule has 30 heavy (non-hydrogen) atoms. The Kier molecular flexibility index (Phi) is 7.53. The van der Waals surface area contributed by atoms with Gasteiger partial charge in [0.15, 0.2) is 5.69 Å². The van der Waals surface area contributed by atoms with Gasteiger partial charge in [-0.15, -0.1) is 11.3 Å². The largest absolute Gasteiger partial charge is 0.464 e. The van der Waals surface area contributed by atoms with E-state index in [1.54, 1.807) is 0 Å². The summed E-state index contributed by atoms with van der Waals surface area (Å²) in [5.41, 5.74) is -1.14. The maximum absolute atomic E-state index is 13.1. The van der Waals surface area contributed by atoms with Crippen LogP contribution in [0.1, 0.15) is 46.1 Å². The number of thiazole rings is 1. The van der Waals surface area contributed by atoms with Crippen LogP contribution in [0.3, 0.4) is 0 Å². The number of methoxy groups -OCH3 is 1. The van der Waals surface area contributed by atoms with E-state index in [1.165, 1.54) is 17.4 Å². The first-order chi connectivity index (χ1) is 14.1. The predicted molar refractivity (Wildman–Crippen MR) is 107 cm³/mol. The van der Waals surface area contributed by atoms with Gasteiger partial charge in [0.2, 0.25) is 0 Å². The molecule has 0 aliphatic heterocycles. The highest BCUT2D eigenvalue weighted by atomic mass is 32.1. The second-order valence-corrected chi connectivity index (χ2v) is 7.72. The molecule has 2 rings (SSSR count). The van der Waals surface area contributed by atoms with Crippen LogP contribution in [-0.2, 0) is 11.3 Å². The van der Waals surface area contributed by atoms with Gasteiger partial charge in [0, 0.05) is 24.1 Å². The fourth-order valence-corrected chi connectivity index (χ4v) is 3.30. The zero-order valence-corrected chi connectivity index (χ0v) is 17.4. The molecule has 0 bridgehead atoms. The Morgan fingerprint density at radius 2 is 1.77 bits per heavy atom. The highest BCUT2D eigenvalue weighted by Crippen LogP contribution is 2.25. The third kappa shape index (κ3) is 5.80. The van der Waals surface area contributed by atoms with E-state index in [1.807, 2.05) is 13.8 Å².